The first-order valence-corrected chi connectivity index (χ1v) is 4.97. The Hall–Kier alpha value is -1.30. The van der Waals surface area contributed by atoms with Crippen LogP contribution in [0.3, 0.4) is 0 Å². The van der Waals surface area contributed by atoms with Gasteiger partial charge in [0.2, 0.25) is 0 Å². The van der Waals surface area contributed by atoms with Crippen molar-refractivity contribution in [2.45, 2.75) is 12.2 Å². The smallest absolute Gasteiger partial charge is 0.128 e. The van der Waals surface area contributed by atoms with Crippen LogP contribution in [0.5, 0.6) is 11.5 Å². The summed E-state index contributed by atoms with van der Waals surface area (Å²) in [7, 11) is 3.12. The Bertz CT molecular complexity index is 343. The van der Waals surface area contributed by atoms with Crippen LogP contribution in [0.4, 0.5) is 0 Å². The van der Waals surface area contributed by atoms with Crippen LogP contribution >= 0.6 is 0 Å². The molecule has 0 saturated heterocycles. The number of methoxy groups -OCH3 is 1. The summed E-state index contributed by atoms with van der Waals surface area (Å²) in [6.07, 6.45) is -1.98. The van der Waals surface area contributed by atoms with E-state index in [0.29, 0.717) is 11.3 Å². The topological polar surface area (TPSA) is 82.0 Å². The van der Waals surface area contributed by atoms with Crippen LogP contribution in [0, 0.1) is 0 Å². The first-order valence-electron chi connectivity index (χ1n) is 4.97. The molecule has 0 bridgehead atoms. The maximum absolute atomic E-state index is 9.87. The molecule has 5 heteroatoms. The Morgan fingerprint density at radius 2 is 2.06 bits per heavy atom. The Kier molecular flexibility index (Phi) is 4.54. The molecular formula is C11H17NO4. The van der Waals surface area contributed by atoms with Crippen molar-refractivity contribution >= 4 is 0 Å². The van der Waals surface area contributed by atoms with Crippen LogP contribution in [0.2, 0.25) is 0 Å². The monoisotopic (exact) mass is 227 g/mol. The highest BCUT2D eigenvalue weighted by molar-refractivity contribution is 5.41. The lowest BCUT2D eigenvalue weighted by atomic mass is 10.0. The zero-order chi connectivity index (χ0) is 12.1. The molecule has 4 N–H and O–H groups in total. The van der Waals surface area contributed by atoms with Crippen molar-refractivity contribution in [1.29, 1.82) is 0 Å². The molecule has 0 saturated carbocycles. The normalized spacial score (nSPS) is 14.5. The summed E-state index contributed by atoms with van der Waals surface area (Å²) in [6.45, 7) is 0.269. The fourth-order valence-electron chi connectivity index (χ4n) is 1.47. The second kappa shape index (κ2) is 5.69. The molecular weight excluding hydrogens is 210 g/mol. The van der Waals surface area contributed by atoms with E-state index in [-0.39, 0.29) is 12.3 Å². The number of nitrogens with one attached hydrogen (secondary N) is 1. The molecule has 1 aromatic rings. The number of benzene rings is 1. The molecule has 1 rings (SSSR count). The van der Waals surface area contributed by atoms with Crippen molar-refractivity contribution in [2.24, 2.45) is 0 Å². The van der Waals surface area contributed by atoms with E-state index in [1.165, 1.54) is 25.3 Å². The minimum absolute atomic E-state index is 0.0518. The van der Waals surface area contributed by atoms with Gasteiger partial charge in [0.25, 0.3) is 0 Å². The van der Waals surface area contributed by atoms with E-state index in [1.807, 2.05) is 0 Å². The second-order valence-electron chi connectivity index (χ2n) is 3.50. The lowest BCUT2D eigenvalue weighted by Gasteiger charge is -2.20. The number of ether oxygens (including phenoxy) is 1. The first-order chi connectivity index (χ1) is 7.60. The molecule has 1 aromatic carbocycles. The van der Waals surface area contributed by atoms with E-state index in [2.05, 4.69) is 5.32 Å². The number of hydrogen-bond acceptors (Lipinski definition) is 5. The van der Waals surface area contributed by atoms with Gasteiger partial charge in [-0.05, 0) is 19.2 Å². The summed E-state index contributed by atoms with van der Waals surface area (Å²) in [5.74, 6) is 0.401. The van der Waals surface area contributed by atoms with Crippen molar-refractivity contribution in [2.75, 3.05) is 20.7 Å². The van der Waals surface area contributed by atoms with Crippen LogP contribution < -0.4 is 10.1 Å². The fraction of sp³-hybridized carbons (Fsp3) is 0.455. The average molecular weight is 227 g/mol. The fourth-order valence-corrected chi connectivity index (χ4v) is 1.47. The molecule has 0 radical (unpaired) electrons. The van der Waals surface area contributed by atoms with Gasteiger partial charge in [-0.1, -0.05) is 0 Å². The number of aliphatic hydroxyl groups is 2. The van der Waals surface area contributed by atoms with Crippen molar-refractivity contribution in [3.8, 4) is 11.5 Å². The van der Waals surface area contributed by atoms with Crippen molar-refractivity contribution in [1.82, 2.24) is 5.32 Å². The van der Waals surface area contributed by atoms with E-state index in [4.69, 9.17) is 4.74 Å². The van der Waals surface area contributed by atoms with Gasteiger partial charge in [0.15, 0.2) is 0 Å². The van der Waals surface area contributed by atoms with Gasteiger partial charge in [-0.2, -0.15) is 0 Å². The molecule has 2 atom stereocenters. The average Bonchev–Trinajstić information content (AvgIpc) is 2.28. The van der Waals surface area contributed by atoms with Crippen LogP contribution in [0.1, 0.15) is 11.7 Å². The summed E-state index contributed by atoms with van der Waals surface area (Å²) in [6, 6.07) is 4.36. The lowest BCUT2D eigenvalue weighted by molar-refractivity contribution is 0.0188. The number of rotatable bonds is 5. The number of hydrogen-bond donors (Lipinski definition) is 4. The Labute approximate surface area is 94.3 Å². The zero-order valence-corrected chi connectivity index (χ0v) is 9.34. The van der Waals surface area contributed by atoms with Crippen LogP contribution in [0.15, 0.2) is 18.2 Å². The summed E-state index contributed by atoms with van der Waals surface area (Å²) in [4.78, 5) is 0. The number of phenols is 1. The minimum atomic E-state index is -1.05. The standard InChI is InChI=1S/C11H17NO4/c1-12-6-9(14)11(15)8-4-3-7(13)5-10(8)16-2/h3-5,9,11-15H,6H2,1-2H3. The molecule has 16 heavy (non-hydrogen) atoms. The van der Waals surface area contributed by atoms with E-state index < -0.39 is 12.2 Å². The molecule has 0 aliphatic rings. The molecule has 0 heterocycles. The highest BCUT2D eigenvalue weighted by Gasteiger charge is 2.21. The summed E-state index contributed by atoms with van der Waals surface area (Å²) in [5.41, 5.74) is 0.447. The first kappa shape index (κ1) is 12.8. The molecule has 2 unspecified atom stereocenters. The van der Waals surface area contributed by atoms with E-state index >= 15 is 0 Å². The number of phenolic OH excluding ortho intramolecular Hbond substituents is 1. The zero-order valence-electron chi connectivity index (χ0n) is 9.34. The predicted octanol–water partition coefficient (Wildman–Crippen LogP) is 0.0145. The predicted molar refractivity (Wildman–Crippen MR) is 59.6 cm³/mol. The highest BCUT2D eigenvalue weighted by atomic mass is 16.5. The summed E-state index contributed by atoms with van der Waals surface area (Å²) < 4.78 is 5.02. The van der Waals surface area contributed by atoms with Gasteiger partial charge in [-0.15, -0.1) is 0 Å². The van der Waals surface area contributed by atoms with Crippen molar-refractivity contribution < 1.29 is 20.1 Å². The Balaban J connectivity index is 2.93. The Morgan fingerprint density at radius 1 is 1.38 bits per heavy atom. The van der Waals surface area contributed by atoms with Crippen LogP contribution in [-0.4, -0.2) is 42.1 Å². The minimum Gasteiger partial charge on any atom is -0.508 e. The van der Waals surface area contributed by atoms with E-state index in [1.54, 1.807) is 7.05 Å². The lowest BCUT2D eigenvalue weighted by Crippen LogP contribution is -2.29. The van der Waals surface area contributed by atoms with Crippen molar-refractivity contribution in [3.05, 3.63) is 23.8 Å². The van der Waals surface area contributed by atoms with Crippen molar-refractivity contribution in [3.63, 3.8) is 0 Å². The van der Waals surface area contributed by atoms with Gasteiger partial charge in [-0.3, -0.25) is 0 Å². The third-order valence-electron chi connectivity index (χ3n) is 2.31. The van der Waals surface area contributed by atoms with Gasteiger partial charge in [0, 0.05) is 18.2 Å². The molecule has 90 valence electrons. The maximum Gasteiger partial charge on any atom is 0.128 e. The third kappa shape index (κ3) is 2.85. The maximum atomic E-state index is 9.87. The largest absolute Gasteiger partial charge is 0.508 e. The van der Waals surface area contributed by atoms with Gasteiger partial charge in [0.05, 0.1) is 13.2 Å². The van der Waals surface area contributed by atoms with Crippen LogP contribution in [-0.2, 0) is 0 Å². The SMILES string of the molecule is CNCC(O)C(O)c1ccc(O)cc1OC. The van der Waals surface area contributed by atoms with Gasteiger partial charge in [0.1, 0.15) is 17.6 Å². The van der Waals surface area contributed by atoms with Gasteiger partial charge >= 0.3 is 0 Å². The molecule has 0 aliphatic heterocycles. The summed E-state index contributed by atoms with van der Waals surface area (Å²) in [5, 5.41) is 31.5. The van der Waals surface area contributed by atoms with Gasteiger partial charge < -0.3 is 25.4 Å². The quantitative estimate of drug-likeness (QED) is 0.570. The molecule has 0 amide bonds. The third-order valence-corrected chi connectivity index (χ3v) is 2.31. The molecule has 5 nitrogen and oxygen atoms in total. The van der Waals surface area contributed by atoms with E-state index in [9.17, 15) is 15.3 Å². The molecule has 0 fully saturated rings. The number of aliphatic hydroxyl groups excluding tert-OH is 2. The highest BCUT2D eigenvalue weighted by Crippen LogP contribution is 2.30. The van der Waals surface area contributed by atoms with Gasteiger partial charge in [-0.25, -0.2) is 0 Å². The molecule has 0 spiro atoms. The number of likely N-dealkylation sites (N-methyl/N-ethyl adjacent to an activating group) is 1. The number of aromatic hydroxyl groups is 1. The Morgan fingerprint density at radius 3 is 2.62 bits per heavy atom. The summed E-state index contributed by atoms with van der Waals surface area (Å²) >= 11 is 0. The van der Waals surface area contributed by atoms with E-state index in [0.717, 1.165) is 0 Å². The second-order valence-corrected chi connectivity index (χ2v) is 3.50. The van der Waals surface area contributed by atoms with Crippen LogP contribution in [0.25, 0.3) is 0 Å². The molecule has 0 aliphatic carbocycles. The molecule has 0 aromatic heterocycles.